The molecule has 0 aromatic rings. The molecule has 8 atom stereocenters. The van der Waals surface area contributed by atoms with E-state index in [-0.39, 0.29) is 6.42 Å². The third kappa shape index (κ3) is 29.1. The number of hydrogen-bond donors (Lipinski definition) is 7. The van der Waals surface area contributed by atoms with Crippen molar-refractivity contribution in [3.63, 3.8) is 0 Å². The van der Waals surface area contributed by atoms with Gasteiger partial charge < -0.3 is 40.3 Å². The van der Waals surface area contributed by atoms with Crippen molar-refractivity contribution < 1.29 is 57.0 Å². The average molecular weight is 868 g/mol. The Balaban J connectivity index is 2.54. The normalized spacial score (nSPS) is 21.4. The Morgan fingerprint density at radius 3 is 1.36 bits per heavy atom. The van der Waals surface area contributed by atoms with Crippen LogP contribution < -0.4 is 5.32 Å². The van der Waals surface area contributed by atoms with E-state index in [0.29, 0.717) is 19.3 Å². The SMILES string of the molecule is CCCCCCCCCCCCCCCCCCC(O)C(COC1OC(CO)C(O)C(OS(=O)(=O)O)C1O)NC(=O)C(O)CCCCCCCCCCCCCCCC. The maximum atomic E-state index is 13.1. The molecule has 352 valence electrons. The van der Waals surface area contributed by atoms with Crippen LogP contribution in [0.25, 0.3) is 0 Å². The van der Waals surface area contributed by atoms with E-state index in [1.807, 2.05) is 0 Å². The van der Waals surface area contributed by atoms with E-state index in [4.69, 9.17) is 9.47 Å². The molecule has 1 fully saturated rings. The predicted octanol–water partition coefficient (Wildman–Crippen LogP) is 8.36. The van der Waals surface area contributed by atoms with E-state index in [1.54, 1.807) is 0 Å². The fraction of sp³-hybridized carbons (Fsp3) is 0.978. The Kier molecular flexibility index (Phi) is 34.7. The van der Waals surface area contributed by atoms with Gasteiger partial charge in [0.05, 0.1) is 25.4 Å². The van der Waals surface area contributed by atoms with Crippen molar-refractivity contribution in [2.75, 3.05) is 13.2 Å². The second-order valence-electron chi connectivity index (χ2n) is 17.2. The van der Waals surface area contributed by atoms with Crippen LogP contribution in [-0.2, 0) is 28.9 Å². The van der Waals surface area contributed by atoms with Crippen LogP contribution in [0.2, 0.25) is 0 Å². The summed E-state index contributed by atoms with van der Waals surface area (Å²) in [6, 6.07) is -1.03. The quantitative estimate of drug-likeness (QED) is 0.0228. The van der Waals surface area contributed by atoms with Gasteiger partial charge in [0.2, 0.25) is 5.91 Å². The molecule has 59 heavy (non-hydrogen) atoms. The van der Waals surface area contributed by atoms with Gasteiger partial charge >= 0.3 is 10.4 Å². The number of aliphatic hydroxyl groups excluding tert-OH is 5. The van der Waals surface area contributed by atoms with Gasteiger partial charge in [-0.25, -0.2) is 4.18 Å². The van der Waals surface area contributed by atoms with Gasteiger partial charge in [0.1, 0.15) is 30.5 Å². The van der Waals surface area contributed by atoms with E-state index in [1.165, 1.54) is 141 Å². The molecule has 1 aliphatic heterocycles. The van der Waals surface area contributed by atoms with Crippen molar-refractivity contribution in [1.82, 2.24) is 5.32 Å². The Morgan fingerprint density at radius 1 is 0.610 bits per heavy atom. The smallest absolute Gasteiger partial charge is 0.394 e. The molecule has 1 aliphatic rings. The number of carbonyl (C=O) groups excluding carboxylic acids is 1. The molecule has 14 heteroatoms. The zero-order valence-corrected chi connectivity index (χ0v) is 38.0. The Morgan fingerprint density at radius 2 is 0.983 bits per heavy atom. The third-order valence-corrected chi connectivity index (χ3v) is 12.2. The summed E-state index contributed by atoms with van der Waals surface area (Å²) in [5.41, 5.74) is 0. The monoisotopic (exact) mass is 868 g/mol. The van der Waals surface area contributed by atoms with Gasteiger partial charge in [-0.05, 0) is 12.8 Å². The second-order valence-corrected chi connectivity index (χ2v) is 18.3. The van der Waals surface area contributed by atoms with Gasteiger partial charge in [0.15, 0.2) is 6.29 Å². The zero-order valence-electron chi connectivity index (χ0n) is 37.2. The largest absolute Gasteiger partial charge is 0.397 e. The van der Waals surface area contributed by atoms with Crippen molar-refractivity contribution in [2.45, 2.75) is 268 Å². The molecule has 7 N–H and O–H groups in total. The molecule has 0 aliphatic carbocycles. The first kappa shape index (κ1) is 56.1. The van der Waals surface area contributed by atoms with E-state index in [2.05, 4.69) is 23.3 Å². The first-order valence-corrected chi connectivity index (χ1v) is 25.4. The third-order valence-electron chi connectivity index (χ3n) is 11.8. The van der Waals surface area contributed by atoms with Crippen molar-refractivity contribution >= 4 is 16.3 Å². The standard InChI is InChI=1S/C45H89NO12S/c1-3-5-7-9-11-13-15-17-19-20-22-23-25-27-29-31-33-38(48)37(36-56-45-42(51)43(58-59(53,54)55)41(50)40(35-47)57-45)46-44(52)39(49)34-32-30-28-26-24-21-18-16-14-12-10-8-6-4-2/h37-43,45,47-51H,3-36H2,1-2H3,(H,46,52)(H,53,54,55). The van der Waals surface area contributed by atoms with Crippen LogP contribution in [0, 0.1) is 0 Å². The minimum atomic E-state index is -5.10. The number of hydrogen-bond acceptors (Lipinski definition) is 11. The first-order valence-electron chi connectivity index (χ1n) is 24.0. The highest BCUT2D eigenvalue weighted by atomic mass is 32.3. The molecule has 1 heterocycles. The Bertz CT molecular complexity index is 1090. The predicted molar refractivity (Wildman–Crippen MR) is 233 cm³/mol. The molecule has 0 bridgehead atoms. The van der Waals surface area contributed by atoms with Crippen molar-refractivity contribution in [3.8, 4) is 0 Å². The highest BCUT2D eigenvalue weighted by Crippen LogP contribution is 2.26. The highest BCUT2D eigenvalue weighted by Gasteiger charge is 2.48. The topological polar surface area (TPSA) is 212 Å². The molecule has 1 rings (SSSR count). The molecular formula is C45H89NO12S. The highest BCUT2D eigenvalue weighted by molar-refractivity contribution is 7.80. The van der Waals surface area contributed by atoms with Crippen molar-refractivity contribution in [1.29, 1.82) is 0 Å². The maximum Gasteiger partial charge on any atom is 0.397 e. The molecular weight excluding hydrogens is 779 g/mol. The number of unbranched alkanes of at least 4 members (excludes halogenated alkanes) is 28. The number of ether oxygens (including phenoxy) is 2. The number of carbonyl (C=O) groups is 1. The Hall–Kier alpha value is -0.940. The number of nitrogens with one attached hydrogen (secondary N) is 1. The van der Waals surface area contributed by atoms with E-state index >= 15 is 0 Å². The van der Waals surface area contributed by atoms with Gasteiger partial charge in [0.25, 0.3) is 0 Å². The van der Waals surface area contributed by atoms with Crippen molar-refractivity contribution in [2.24, 2.45) is 0 Å². The molecule has 13 nitrogen and oxygen atoms in total. The molecule has 0 aromatic heterocycles. The van der Waals surface area contributed by atoms with E-state index < -0.39 is 78.5 Å². The first-order chi connectivity index (χ1) is 28.4. The summed E-state index contributed by atoms with van der Waals surface area (Å²) in [6.45, 7) is 3.29. The lowest BCUT2D eigenvalue weighted by atomic mass is 9.99. The molecule has 0 spiro atoms. The van der Waals surface area contributed by atoms with Crippen LogP contribution in [0.3, 0.4) is 0 Å². The van der Waals surface area contributed by atoms with Gasteiger partial charge in [0, 0.05) is 0 Å². The van der Waals surface area contributed by atoms with Gasteiger partial charge in [-0.3, -0.25) is 9.35 Å². The minimum absolute atomic E-state index is 0.266. The van der Waals surface area contributed by atoms with Gasteiger partial charge in [-0.15, -0.1) is 0 Å². The summed E-state index contributed by atoms with van der Waals surface area (Å²) in [5, 5.41) is 55.4. The fourth-order valence-corrected chi connectivity index (χ4v) is 8.45. The van der Waals surface area contributed by atoms with Gasteiger partial charge in [-0.1, -0.05) is 206 Å². The van der Waals surface area contributed by atoms with Crippen LogP contribution in [0.15, 0.2) is 0 Å². The molecule has 0 saturated carbocycles. The summed E-state index contributed by atoms with van der Waals surface area (Å²) in [6.07, 6.45) is 25.7. The molecule has 1 saturated heterocycles. The summed E-state index contributed by atoms with van der Waals surface area (Å²) < 4.78 is 47.6. The lowest BCUT2D eigenvalue weighted by Gasteiger charge is -2.41. The second kappa shape index (κ2) is 36.5. The summed E-state index contributed by atoms with van der Waals surface area (Å²) >= 11 is 0. The summed E-state index contributed by atoms with van der Waals surface area (Å²) in [4.78, 5) is 13.1. The molecule has 0 aromatic carbocycles. The summed E-state index contributed by atoms with van der Waals surface area (Å²) in [5.74, 6) is -0.666. The molecule has 1 amide bonds. The fourth-order valence-electron chi connectivity index (χ4n) is 7.94. The maximum absolute atomic E-state index is 13.1. The molecule has 0 radical (unpaired) electrons. The van der Waals surface area contributed by atoms with Crippen LogP contribution in [0.4, 0.5) is 0 Å². The van der Waals surface area contributed by atoms with E-state index in [0.717, 1.165) is 38.5 Å². The number of aliphatic hydroxyl groups is 5. The van der Waals surface area contributed by atoms with Crippen LogP contribution in [0.5, 0.6) is 0 Å². The lowest BCUT2D eigenvalue weighted by molar-refractivity contribution is -0.298. The summed E-state index contributed by atoms with van der Waals surface area (Å²) in [7, 11) is -5.10. The van der Waals surface area contributed by atoms with Crippen LogP contribution in [0.1, 0.15) is 219 Å². The Labute approximate surface area is 359 Å². The average Bonchev–Trinajstić information content (AvgIpc) is 3.20. The molecule has 8 unspecified atom stereocenters. The number of amides is 1. The van der Waals surface area contributed by atoms with Gasteiger partial charge in [-0.2, -0.15) is 8.42 Å². The van der Waals surface area contributed by atoms with Crippen molar-refractivity contribution in [3.05, 3.63) is 0 Å². The lowest BCUT2D eigenvalue weighted by Crippen LogP contribution is -2.61. The zero-order chi connectivity index (χ0) is 43.6. The minimum Gasteiger partial charge on any atom is -0.394 e. The van der Waals surface area contributed by atoms with Crippen LogP contribution >= 0.6 is 0 Å². The number of rotatable bonds is 41. The van der Waals surface area contributed by atoms with Crippen LogP contribution in [-0.4, -0.2) is 107 Å². The van der Waals surface area contributed by atoms with E-state index in [9.17, 15) is 43.3 Å².